The molecule has 2 aromatic heterocycles. The quantitative estimate of drug-likeness (QED) is 0.673. The summed E-state index contributed by atoms with van der Waals surface area (Å²) < 4.78 is 5.56. The third-order valence-electron chi connectivity index (χ3n) is 4.46. The van der Waals surface area contributed by atoms with Crippen LogP contribution in [0.2, 0.25) is 0 Å². The van der Waals surface area contributed by atoms with Gasteiger partial charge in [0.25, 0.3) is 0 Å². The molecule has 0 bridgehead atoms. The molecule has 0 aliphatic rings. The van der Waals surface area contributed by atoms with Gasteiger partial charge in [0.2, 0.25) is 5.88 Å². The molecule has 2 heterocycles. The summed E-state index contributed by atoms with van der Waals surface area (Å²) in [6.07, 6.45) is -0.391. The third-order valence-corrected chi connectivity index (χ3v) is 5.47. The number of pyridine rings is 1. The van der Waals surface area contributed by atoms with Crippen LogP contribution in [0, 0.1) is 13.8 Å². The van der Waals surface area contributed by atoms with Crippen LogP contribution in [0.5, 0.6) is 5.88 Å². The third kappa shape index (κ3) is 4.41. The van der Waals surface area contributed by atoms with Crippen LogP contribution < -0.4 is 4.74 Å². The number of aryl methyl sites for hydroxylation is 2. The molecular formula is C21H26N2O2S. The highest BCUT2D eigenvalue weighted by molar-refractivity contribution is 7.10. The summed E-state index contributed by atoms with van der Waals surface area (Å²) >= 11 is 1.76. The molecule has 3 aromatic rings. The maximum absolute atomic E-state index is 9.94. The number of hydrogen-bond acceptors (Lipinski definition) is 5. The van der Waals surface area contributed by atoms with E-state index in [0.717, 1.165) is 23.0 Å². The van der Waals surface area contributed by atoms with Crippen molar-refractivity contribution in [1.82, 2.24) is 9.88 Å². The highest BCUT2D eigenvalue weighted by atomic mass is 32.1. The predicted molar refractivity (Wildman–Crippen MR) is 108 cm³/mol. The molecule has 0 saturated heterocycles. The fraction of sp³-hybridized carbons (Fsp3) is 0.381. The zero-order valence-corrected chi connectivity index (χ0v) is 16.6. The first-order chi connectivity index (χ1) is 12.5. The number of ether oxygens (including phenoxy) is 1. The first-order valence-electron chi connectivity index (χ1n) is 8.84. The summed E-state index contributed by atoms with van der Waals surface area (Å²) in [6, 6.07) is 10.6. The maximum Gasteiger partial charge on any atom is 0.218 e. The molecule has 0 unspecified atom stereocenters. The van der Waals surface area contributed by atoms with Crippen molar-refractivity contribution < 1.29 is 9.84 Å². The van der Waals surface area contributed by atoms with E-state index in [9.17, 15) is 5.11 Å². The van der Waals surface area contributed by atoms with Crippen LogP contribution in [0.25, 0.3) is 10.9 Å². The highest BCUT2D eigenvalue weighted by Gasteiger charge is 2.16. The van der Waals surface area contributed by atoms with Gasteiger partial charge in [-0.25, -0.2) is 4.98 Å². The van der Waals surface area contributed by atoms with Crippen LogP contribution in [0.4, 0.5) is 0 Å². The molecule has 26 heavy (non-hydrogen) atoms. The van der Waals surface area contributed by atoms with Crippen molar-refractivity contribution in [2.75, 3.05) is 13.7 Å². The van der Waals surface area contributed by atoms with Crippen LogP contribution in [0.1, 0.15) is 28.5 Å². The van der Waals surface area contributed by atoms with Crippen LogP contribution >= 0.6 is 11.3 Å². The van der Waals surface area contributed by atoms with Crippen molar-refractivity contribution in [3.05, 3.63) is 57.3 Å². The average Bonchev–Trinajstić information content (AvgIpc) is 2.98. The van der Waals surface area contributed by atoms with Gasteiger partial charge in [-0.05, 0) is 55.5 Å². The summed E-state index contributed by atoms with van der Waals surface area (Å²) in [5.41, 5.74) is 4.47. The molecular weight excluding hydrogens is 344 g/mol. The smallest absolute Gasteiger partial charge is 0.218 e. The minimum Gasteiger partial charge on any atom is -0.481 e. The van der Waals surface area contributed by atoms with Crippen molar-refractivity contribution in [3.63, 3.8) is 0 Å². The van der Waals surface area contributed by atoms with Gasteiger partial charge in [0.05, 0.1) is 18.7 Å². The number of hydrogen-bond donors (Lipinski definition) is 1. The standard InChI is InChI=1S/C21H26N2O2S/c1-14-5-6-17-10-18(21(25-4)22-19(17)9-14)12-23(11-16(3)24)13-20-15(2)7-8-26-20/h5-10,16,24H,11-13H2,1-4H3/t16-/m1/s1. The van der Waals surface area contributed by atoms with Crippen molar-refractivity contribution in [3.8, 4) is 5.88 Å². The van der Waals surface area contributed by atoms with E-state index >= 15 is 0 Å². The van der Waals surface area contributed by atoms with E-state index in [2.05, 4.69) is 54.5 Å². The minimum absolute atomic E-state index is 0.391. The van der Waals surface area contributed by atoms with Gasteiger partial charge >= 0.3 is 0 Å². The first-order valence-corrected chi connectivity index (χ1v) is 9.72. The van der Waals surface area contributed by atoms with Crippen LogP contribution in [0.15, 0.2) is 35.7 Å². The van der Waals surface area contributed by atoms with E-state index in [1.165, 1.54) is 16.0 Å². The molecule has 0 aliphatic carbocycles. The Hall–Kier alpha value is -1.95. The summed E-state index contributed by atoms with van der Waals surface area (Å²) in [6.45, 7) is 8.12. The zero-order chi connectivity index (χ0) is 18.7. The second-order valence-corrected chi connectivity index (χ2v) is 7.90. The van der Waals surface area contributed by atoms with Crippen molar-refractivity contribution in [2.24, 2.45) is 0 Å². The second kappa shape index (κ2) is 8.16. The minimum atomic E-state index is -0.391. The number of nitrogens with zero attached hydrogens (tertiary/aromatic N) is 2. The summed E-state index contributed by atoms with van der Waals surface area (Å²) in [5, 5.41) is 13.2. The van der Waals surface area contributed by atoms with E-state index < -0.39 is 6.10 Å². The van der Waals surface area contributed by atoms with E-state index in [1.54, 1.807) is 18.4 Å². The van der Waals surface area contributed by atoms with Crippen molar-refractivity contribution >= 4 is 22.2 Å². The Labute approximate surface area is 159 Å². The number of benzene rings is 1. The predicted octanol–water partition coefficient (Wildman–Crippen LogP) is 4.30. The molecule has 0 aliphatic heterocycles. The van der Waals surface area contributed by atoms with Crippen molar-refractivity contribution in [2.45, 2.75) is 40.0 Å². The van der Waals surface area contributed by atoms with Gasteiger partial charge in [0, 0.05) is 35.5 Å². The Kier molecular flexibility index (Phi) is 5.91. The lowest BCUT2D eigenvalue weighted by molar-refractivity contribution is 0.118. The Bertz CT molecular complexity index is 889. The van der Waals surface area contributed by atoms with E-state index in [1.807, 2.05) is 6.92 Å². The number of aromatic nitrogens is 1. The topological polar surface area (TPSA) is 45.6 Å². The molecule has 5 heteroatoms. The number of rotatable bonds is 7. The van der Waals surface area contributed by atoms with Crippen LogP contribution in [0.3, 0.4) is 0 Å². The number of aliphatic hydroxyl groups is 1. The summed E-state index contributed by atoms with van der Waals surface area (Å²) in [4.78, 5) is 8.27. The largest absolute Gasteiger partial charge is 0.481 e. The Balaban J connectivity index is 1.91. The molecule has 1 atom stereocenters. The fourth-order valence-electron chi connectivity index (χ4n) is 3.16. The molecule has 0 amide bonds. The average molecular weight is 371 g/mol. The lowest BCUT2D eigenvalue weighted by Crippen LogP contribution is -2.30. The first kappa shape index (κ1) is 18.8. The molecule has 3 rings (SSSR count). The zero-order valence-electron chi connectivity index (χ0n) is 15.8. The van der Waals surface area contributed by atoms with Gasteiger partial charge in [0.15, 0.2) is 0 Å². The molecule has 138 valence electrons. The maximum atomic E-state index is 9.94. The summed E-state index contributed by atoms with van der Waals surface area (Å²) in [7, 11) is 1.66. The van der Waals surface area contributed by atoms with E-state index in [4.69, 9.17) is 9.72 Å². The monoisotopic (exact) mass is 370 g/mol. The second-order valence-electron chi connectivity index (χ2n) is 6.90. The highest BCUT2D eigenvalue weighted by Crippen LogP contribution is 2.26. The van der Waals surface area contributed by atoms with Crippen LogP contribution in [-0.4, -0.2) is 34.7 Å². The number of methoxy groups -OCH3 is 1. The fourth-order valence-corrected chi connectivity index (χ4v) is 4.11. The molecule has 0 saturated carbocycles. The van der Waals surface area contributed by atoms with Gasteiger partial charge in [-0.1, -0.05) is 12.1 Å². The normalized spacial score (nSPS) is 12.7. The molecule has 1 aromatic carbocycles. The Morgan fingerprint density at radius 3 is 2.65 bits per heavy atom. The number of fused-ring (bicyclic) bond motifs is 1. The van der Waals surface area contributed by atoms with Crippen molar-refractivity contribution in [1.29, 1.82) is 0 Å². The molecule has 0 spiro atoms. The SMILES string of the molecule is COc1nc2cc(C)ccc2cc1CN(Cc1sccc1C)C[C@@H](C)O. The molecule has 0 fully saturated rings. The van der Waals surface area contributed by atoms with Gasteiger partial charge < -0.3 is 9.84 Å². The van der Waals surface area contributed by atoms with Gasteiger partial charge in [0.1, 0.15) is 0 Å². The molecule has 0 radical (unpaired) electrons. The lowest BCUT2D eigenvalue weighted by Gasteiger charge is -2.24. The van der Waals surface area contributed by atoms with E-state index in [-0.39, 0.29) is 0 Å². The van der Waals surface area contributed by atoms with Crippen LogP contribution in [-0.2, 0) is 13.1 Å². The lowest BCUT2D eigenvalue weighted by atomic mass is 10.1. The number of thiophene rings is 1. The Morgan fingerprint density at radius 1 is 1.19 bits per heavy atom. The molecule has 4 nitrogen and oxygen atoms in total. The summed E-state index contributed by atoms with van der Waals surface area (Å²) in [5.74, 6) is 0.654. The van der Waals surface area contributed by atoms with E-state index in [0.29, 0.717) is 19.0 Å². The van der Waals surface area contributed by atoms with Gasteiger partial charge in [-0.15, -0.1) is 11.3 Å². The van der Waals surface area contributed by atoms with Gasteiger partial charge in [-0.3, -0.25) is 4.90 Å². The van der Waals surface area contributed by atoms with Gasteiger partial charge in [-0.2, -0.15) is 0 Å². The Morgan fingerprint density at radius 2 is 2.00 bits per heavy atom. The number of aliphatic hydroxyl groups excluding tert-OH is 1. The molecule has 1 N–H and O–H groups in total.